The summed E-state index contributed by atoms with van der Waals surface area (Å²) in [6, 6.07) is 5.34. The maximum atomic E-state index is 8.83. The van der Waals surface area contributed by atoms with Crippen LogP contribution in [0.25, 0.3) is 0 Å². The second kappa shape index (κ2) is 3.80. The highest BCUT2D eigenvalue weighted by molar-refractivity contribution is 5.56. The standard InChI is InChI=1S/C10H11NO/c1-2-3-9-6-8(7-12)4-5-10(9)11/h4-6,12H,7,11H2,1H3. The molecule has 0 saturated carbocycles. The van der Waals surface area contributed by atoms with E-state index in [1.165, 1.54) is 0 Å². The maximum Gasteiger partial charge on any atom is 0.0682 e. The van der Waals surface area contributed by atoms with Crippen molar-refractivity contribution >= 4 is 5.69 Å². The fourth-order valence-corrected chi connectivity index (χ4v) is 0.945. The second-order valence-corrected chi connectivity index (χ2v) is 2.45. The van der Waals surface area contributed by atoms with Gasteiger partial charge in [0, 0.05) is 11.3 Å². The van der Waals surface area contributed by atoms with Crippen molar-refractivity contribution < 1.29 is 5.11 Å². The first kappa shape index (κ1) is 8.63. The van der Waals surface area contributed by atoms with E-state index in [0.29, 0.717) is 5.69 Å². The van der Waals surface area contributed by atoms with Crippen LogP contribution >= 0.6 is 0 Å². The van der Waals surface area contributed by atoms with E-state index >= 15 is 0 Å². The normalized spacial score (nSPS) is 8.83. The van der Waals surface area contributed by atoms with E-state index in [0.717, 1.165) is 11.1 Å². The summed E-state index contributed by atoms with van der Waals surface area (Å²) in [6.45, 7) is 1.78. The van der Waals surface area contributed by atoms with Gasteiger partial charge in [0.15, 0.2) is 0 Å². The van der Waals surface area contributed by atoms with Crippen LogP contribution in [0.5, 0.6) is 0 Å². The molecule has 1 aromatic carbocycles. The van der Waals surface area contributed by atoms with E-state index < -0.39 is 0 Å². The Hall–Kier alpha value is -1.46. The summed E-state index contributed by atoms with van der Waals surface area (Å²) >= 11 is 0. The van der Waals surface area contributed by atoms with Gasteiger partial charge in [0.05, 0.1) is 6.61 Å². The van der Waals surface area contributed by atoms with Crippen molar-refractivity contribution in [3.05, 3.63) is 29.3 Å². The van der Waals surface area contributed by atoms with Crippen LogP contribution in [0.3, 0.4) is 0 Å². The third-order valence-corrected chi connectivity index (χ3v) is 1.56. The number of nitrogen functional groups attached to an aromatic ring is 1. The second-order valence-electron chi connectivity index (χ2n) is 2.45. The number of rotatable bonds is 1. The molecule has 0 aliphatic carbocycles. The molecule has 0 fully saturated rings. The van der Waals surface area contributed by atoms with Gasteiger partial charge in [0.1, 0.15) is 0 Å². The van der Waals surface area contributed by atoms with Crippen LogP contribution in [0.15, 0.2) is 18.2 Å². The Bertz CT molecular complexity index is 333. The van der Waals surface area contributed by atoms with Crippen molar-refractivity contribution in [3.63, 3.8) is 0 Å². The molecule has 0 saturated heterocycles. The predicted octanol–water partition coefficient (Wildman–Crippen LogP) is 1.13. The lowest BCUT2D eigenvalue weighted by molar-refractivity contribution is 0.282. The molecule has 0 aromatic heterocycles. The summed E-state index contributed by atoms with van der Waals surface area (Å²) in [5.41, 5.74) is 7.92. The van der Waals surface area contributed by atoms with E-state index in [4.69, 9.17) is 10.8 Å². The van der Waals surface area contributed by atoms with Crippen LogP contribution in [-0.2, 0) is 6.61 Å². The highest BCUT2D eigenvalue weighted by Crippen LogP contribution is 2.12. The van der Waals surface area contributed by atoms with Gasteiger partial charge in [0.25, 0.3) is 0 Å². The molecule has 1 aromatic rings. The van der Waals surface area contributed by atoms with Crippen molar-refractivity contribution in [1.29, 1.82) is 0 Å². The zero-order valence-corrected chi connectivity index (χ0v) is 6.96. The number of anilines is 1. The highest BCUT2D eigenvalue weighted by Gasteiger charge is 1.96. The van der Waals surface area contributed by atoms with Gasteiger partial charge in [0.2, 0.25) is 0 Å². The molecule has 12 heavy (non-hydrogen) atoms. The minimum absolute atomic E-state index is 0.0265. The summed E-state index contributed by atoms with van der Waals surface area (Å²) in [7, 11) is 0. The van der Waals surface area contributed by atoms with Gasteiger partial charge >= 0.3 is 0 Å². The lowest BCUT2D eigenvalue weighted by Gasteiger charge is -2.00. The zero-order chi connectivity index (χ0) is 8.97. The molecule has 3 N–H and O–H groups in total. The van der Waals surface area contributed by atoms with E-state index in [2.05, 4.69) is 11.8 Å². The minimum Gasteiger partial charge on any atom is -0.398 e. The van der Waals surface area contributed by atoms with Gasteiger partial charge in [-0.25, -0.2) is 0 Å². The average Bonchev–Trinajstić information content (AvgIpc) is 2.09. The number of benzene rings is 1. The third kappa shape index (κ3) is 1.77. The van der Waals surface area contributed by atoms with E-state index in [9.17, 15) is 0 Å². The van der Waals surface area contributed by atoms with Gasteiger partial charge in [-0.2, -0.15) is 0 Å². The van der Waals surface area contributed by atoms with E-state index in [1.807, 2.05) is 0 Å². The molecule has 2 heteroatoms. The molecule has 1 rings (SSSR count). The smallest absolute Gasteiger partial charge is 0.0682 e. The Kier molecular flexibility index (Phi) is 2.73. The minimum atomic E-state index is 0.0265. The van der Waals surface area contributed by atoms with Crippen LogP contribution in [0.2, 0.25) is 0 Å². The van der Waals surface area contributed by atoms with Crippen molar-refractivity contribution in [2.45, 2.75) is 13.5 Å². The fourth-order valence-electron chi connectivity index (χ4n) is 0.945. The third-order valence-electron chi connectivity index (χ3n) is 1.56. The molecular formula is C10H11NO. The molecule has 2 nitrogen and oxygen atoms in total. The summed E-state index contributed by atoms with van der Waals surface area (Å²) in [4.78, 5) is 0. The molecule has 62 valence electrons. The van der Waals surface area contributed by atoms with Gasteiger partial charge in [-0.15, -0.1) is 5.92 Å². The van der Waals surface area contributed by atoms with E-state index in [-0.39, 0.29) is 6.61 Å². The highest BCUT2D eigenvalue weighted by atomic mass is 16.3. The molecule has 0 aliphatic heterocycles. The number of hydrogen-bond acceptors (Lipinski definition) is 2. The van der Waals surface area contributed by atoms with Crippen molar-refractivity contribution in [2.24, 2.45) is 0 Å². The quantitative estimate of drug-likeness (QED) is 0.479. The Morgan fingerprint density at radius 2 is 2.25 bits per heavy atom. The van der Waals surface area contributed by atoms with Gasteiger partial charge < -0.3 is 10.8 Å². The molecular weight excluding hydrogens is 150 g/mol. The molecule has 0 amide bonds. The molecule has 0 bridgehead atoms. The van der Waals surface area contributed by atoms with Crippen molar-refractivity contribution in [1.82, 2.24) is 0 Å². The fraction of sp³-hybridized carbons (Fsp3) is 0.200. The topological polar surface area (TPSA) is 46.2 Å². The molecule has 0 heterocycles. The van der Waals surface area contributed by atoms with E-state index in [1.54, 1.807) is 25.1 Å². The predicted molar refractivity (Wildman–Crippen MR) is 49.3 cm³/mol. The van der Waals surface area contributed by atoms with Gasteiger partial charge in [-0.3, -0.25) is 0 Å². The Balaban J connectivity index is 3.14. The monoisotopic (exact) mass is 161 g/mol. The Morgan fingerprint density at radius 3 is 2.83 bits per heavy atom. The number of nitrogens with two attached hydrogens (primary N) is 1. The first-order valence-corrected chi connectivity index (χ1v) is 3.70. The van der Waals surface area contributed by atoms with Crippen LogP contribution in [0.1, 0.15) is 18.1 Å². The number of hydrogen-bond donors (Lipinski definition) is 2. The van der Waals surface area contributed by atoms with Gasteiger partial charge in [-0.05, 0) is 24.6 Å². The molecule has 0 aliphatic rings. The van der Waals surface area contributed by atoms with Crippen molar-refractivity contribution in [3.8, 4) is 11.8 Å². The molecule has 0 radical (unpaired) electrons. The average molecular weight is 161 g/mol. The zero-order valence-electron chi connectivity index (χ0n) is 6.96. The Morgan fingerprint density at radius 1 is 1.50 bits per heavy atom. The lowest BCUT2D eigenvalue weighted by Crippen LogP contribution is -1.92. The van der Waals surface area contributed by atoms with Crippen LogP contribution < -0.4 is 5.73 Å². The largest absolute Gasteiger partial charge is 0.398 e. The van der Waals surface area contributed by atoms with Crippen LogP contribution in [0.4, 0.5) is 5.69 Å². The SMILES string of the molecule is CC#Cc1cc(CO)ccc1N. The van der Waals surface area contributed by atoms with Crippen molar-refractivity contribution in [2.75, 3.05) is 5.73 Å². The molecule has 0 atom stereocenters. The molecule has 0 unspecified atom stereocenters. The summed E-state index contributed by atoms with van der Waals surface area (Å²) in [6.07, 6.45) is 0. The first-order valence-electron chi connectivity index (χ1n) is 3.70. The Labute approximate surface area is 72.0 Å². The summed E-state index contributed by atoms with van der Waals surface area (Å²) in [5.74, 6) is 5.63. The number of aliphatic hydroxyl groups is 1. The van der Waals surface area contributed by atoms with Gasteiger partial charge in [-0.1, -0.05) is 12.0 Å². The molecule has 0 spiro atoms. The summed E-state index contributed by atoms with van der Waals surface area (Å²) < 4.78 is 0. The number of aliphatic hydroxyl groups excluding tert-OH is 1. The maximum absolute atomic E-state index is 8.83. The summed E-state index contributed by atoms with van der Waals surface area (Å²) in [5, 5.41) is 8.83. The van der Waals surface area contributed by atoms with Crippen LogP contribution in [0, 0.1) is 11.8 Å². The van der Waals surface area contributed by atoms with Crippen LogP contribution in [-0.4, -0.2) is 5.11 Å². The first-order chi connectivity index (χ1) is 5.77. The lowest BCUT2D eigenvalue weighted by atomic mass is 10.1.